The second-order valence-electron chi connectivity index (χ2n) is 4.33. The summed E-state index contributed by atoms with van der Waals surface area (Å²) in [6, 6.07) is 7.54. The zero-order valence-corrected chi connectivity index (χ0v) is 9.91. The molecule has 3 aromatic rings. The molecule has 2 aromatic heterocycles. The number of benzene rings is 1. The third kappa shape index (κ3) is 1.46. The lowest BCUT2D eigenvalue weighted by atomic mass is 10.1. The number of nitrogens with one attached hydrogen (secondary N) is 1. The predicted octanol–water partition coefficient (Wildman–Crippen LogP) is 3.29. The van der Waals surface area contributed by atoms with Crippen LogP contribution >= 0.6 is 0 Å². The molecule has 3 heteroatoms. The number of hydrogen-bond donors (Lipinski definition) is 2. The van der Waals surface area contributed by atoms with Gasteiger partial charge >= 0.3 is 0 Å². The minimum atomic E-state index is 0.283. The number of nitrogens with zero attached hydrogens (tertiary/aromatic N) is 1. The first kappa shape index (κ1) is 10.1. The van der Waals surface area contributed by atoms with Crippen molar-refractivity contribution < 1.29 is 5.11 Å². The second kappa shape index (κ2) is 3.48. The van der Waals surface area contributed by atoms with E-state index in [9.17, 15) is 5.11 Å². The Morgan fingerprint density at radius 3 is 2.82 bits per heavy atom. The number of aromatic amines is 1. The van der Waals surface area contributed by atoms with Crippen LogP contribution in [0, 0.1) is 6.92 Å². The third-order valence-electron chi connectivity index (χ3n) is 3.17. The molecule has 3 rings (SSSR count). The Labute approximate surface area is 99.1 Å². The summed E-state index contributed by atoms with van der Waals surface area (Å²) in [5, 5.41) is 11.8. The van der Waals surface area contributed by atoms with Crippen molar-refractivity contribution in [3.05, 3.63) is 35.7 Å². The van der Waals surface area contributed by atoms with Crippen LogP contribution in [0.5, 0.6) is 5.75 Å². The average Bonchev–Trinajstić information content (AvgIpc) is 2.67. The lowest BCUT2D eigenvalue weighted by Crippen LogP contribution is -1.90. The monoisotopic (exact) mass is 226 g/mol. The maximum absolute atomic E-state index is 9.49. The second-order valence-corrected chi connectivity index (χ2v) is 4.33. The molecule has 0 bridgehead atoms. The van der Waals surface area contributed by atoms with Gasteiger partial charge in [-0.05, 0) is 31.5 Å². The number of pyridine rings is 1. The summed E-state index contributed by atoms with van der Waals surface area (Å²) in [6.45, 7) is 4.12. The van der Waals surface area contributed by atoms with E-state index in [1.165, 1.54) is 5.39 Å². The Hall–Kier alpha value is -2.03. The maximum atomic E-state index is 9.49. The molecule has 0 radical (unpaired) electrons. The van der Waals surface area contributed by atoms with Gasteiger partial charge in [0.15, 0.2) is 0 Å². The Kier molecular flexibility index (Phi) is 2.08. The number of rotatable bonds is 1. The van der Waals surface area contributed by atoms with Crippen LogP contribution in [-0.2, 0) is 6.42 Å². The van der Waals surface area contributed by atoms with E-state index in [0.29, 0.717) is 0 Å². The lowest BCUT2D eigenvalue weighted by molar-refractivity contribution is 0.476. The molecule has 0 unspecified atom stereocenters. The van der Waals surface area contributed by atoms with Gasteiger partial charge in [-0.15, -0.1) is 0 Å². The summed E-state index contributed by atoms with van der Waals surface area (Å²) in [7, 11) is 0. The Balaban J connectivity index is 2.47. The van der Waals surface area contributed by atoms with E-state index < -0.39 is 0 Å². The first-order valence-corrected chi connectivity index (χ1v) is 5.80. The van der Waals surface area contributed by atoms with Crippen molar-refractivity contribution in [2.24, 2.45) is 0 Å². The van der Waals surface area contributed by atoms with Gasteiger partial charge in [-0.2, -0.15) is 0 Å². The van der Waals surface area contributed by atoms with Crippen molar-refractivity contribution in [1.29, 1.82) is 0 Å². The van der Waals surface area contributed by atoms with Gasteiger partial charge in [0.2, 0.25) is 0 Å². The maximum Gasteiger partial charge on any atom is 0.117 e. The summed E-state index contributed by atoms with van der Waals surface area (Å²) in [5.74, 6) is 0.283. The molecule has 17 heavy (non-hydrogen) atoms. The fourth-order valence-corrected chi connectivity index (χ4v) is 2.29. The normalized spacial score (nSPS) is 11.4. The van der Waals surface area contributed by atoms with Gasteiger partial charge in [-0.25, -0.2) is 0 Å². The minimum Gasteiger partial charge on any atom is -0.508 e. The highest BCUT2D eigenvalue weighted by atomic mass is 16.3. The van der Waals surface area contributed by atoms with Gasteiger partial charge in [0, 0.05) is 22.5 Å². The van der Waals surface area contributed by atoms with E-state index in [0.717, 1.165) is 34.2 Å². The number of aromatic hydroxyl groups is 1. The summed E-state index contributed by atoms with van der Waals surface area (Å²) in [4.78, 5) is 7.86. The zero-order valence-electron chi connectivity index (χ0n) is 9.91. The van der Waals surface area contributed by atoms with Crippen LogP contribution in [-0.4, -0.2) is 15.1 Å². The molecule has 0 saturated heterocycles. The summed E-state index contributed by atoms with van der Waals surface area (Å²) < 4.78 is 0. The Bertz CT molecular complexity index is 713. The zero-order chi connectivity index (χ0) is 12.0. The molecule has 0 fully saturated rings. The molecule has 2 N–H and O–H groups in total. The molecule has 0 saturated carbocycles. The number of fused-ring (bicyclic) bond motifs is 3. The average molecular weight is 226 g/mol. The fraction of sp³-hybridized carbons (Fsp3) is 0.214. The van der Waals surface area contributed by atoms with Crippen LogP contribution in [0.1, 0.15) is 18.3 Å². The third-order valence-corrected chi connectivity index (χ3v) is 3.17. The number of phenols is 1. The molecule has 1 aromatic carbocycles. The lowest BCUT2D eigenvalue weighted by Gasteiger charge is -2.00. The summed E-state index contributed by atoms with van der Waals surface area (Å²) in [6.07, 6.45) is 0.932. The SMILES string of the molecule is CCc1cc2c([nH]c3cc(O)ccc32)c(C)n1. The number of hydrogen-bond acceptors (Lipinski definition) is 2. The van der Waals surface area contributed by atoms with Crippen molar-refractivity contribution in [2.75, 3.05) is 0 Å². The largest absolute Gasteiger partial charge is 0.508 e. The van der Waals surface area contributed by atoms with E-state index >= 15 is 0 Å². The van der Waals surface area contributed by atoms with Crippen LogP contribution in [0.2, 0.25) is 0 Å². The molecule has 0 atom stereocenters. The van der Waals surface area contributed by atoms with Crippen molar-refractivity contribution in [3.8, 4) is 5.75 Å². The summed E-state index contributed by atoms with van der Waals surface area (Å²) in [5.41, 5.74) is 4.12. The van der Waals surface area contributed by atoms with Gasteiger partial charge < -0.3 is 10.1 Å². The molecule has 0 aliphatic rings. The number of phenolic OH excluding ortho intramolecular Hbond substituents is 1. The van der Waals surface area contributed by atoms with Crippen molar-refractivity contribution in [3.63, 3.8) is 0 Å². The van der Waals surface area contributed by atoms with E-state index in [1.807, 2.05) is 13.0 Å². The standard InChI is InChI=1S/C14H14N2O/c1-3-9-6-12-11-5-4-10(17)7-13(11)16-14(12)8(2)15-9/h4-7,16-17H,3H2,1-2H3. The highest BCUT2D eigenvalue weighted by Crippen LogP contribution is 2.29. The molecule has 86 valence electrons. The first-order valence-electron chi connectivity index (χ1n) is 5.80. The van der Waals surface area contributed by atoms with E-state index in [2.05, 4.69) is 23.0 Å². The highest BCUT2D eigenvalue weighted by molar-refractivity contribution is 6.08. The number of aromatic nitrogens is 2. The fourth-order valence-electron chi connectivity index (χ4n) is 2.29. The van der Waals surface area contributed by atoms with Crippen molar-refractivity contribution in [1.82, 2.24) is 9.97 Å². The van der Waals surface area contributed by atoms with Crippen LogP contribution in [0.3, 0.4) is 0 Å². The molecule has 3 nitrogen and oxygen atoms in total. The molecule has 2 heterocycles. The van der Waals surface area contributed by atoms with Gasteiger partial charge in [0.1, 0.15) is 5.75 Å². The Morgan fingerprint density at radius 2 is 2.06 bits per heavy atom. The van der Waals surface area contributed by atoms with Crippen molar-refractivity contribution >= 4 is 21.8 Å². The molecule has 0 aliphatic carbocycles. The van der Waals surface area contributed by atoms with Gasteiger partial charge in [-0.3, -0.25) is 4.98 Å². The van der Waals surface area contributed by atoms with Gasteiger partial charge in [-0.1, -0.05) is 6.92 Å². The van der Waals surface area contributed by atoms with Crippen LogP contribution in [0.25, 0.3) is 21.8 Å². The van der Waals surface area contributed by atoms with Gasteiger partial charge in [0.25, 0.3) is 0 Å². The van der Waals surface area contributed by atoms with Crippen LogP contribution in [0.4, 0.5) is 0 Å². The first-order chi connectivity index (χ1) is 8.19. The topological polar surface area (TPSA) is 48.9 Å². The predicted molar refractivity (Wildman–Crippen MR) is 69.4 cm³/mol. The van der Waals surface area contributed by atoms with Crippen LogP contribution < -0.4 is 0 Å². The van der Waals surface area contributed by atoms with Crippen molar-refractivity contribution in [2.45, 2.75) is 20.3 Å². The number of H-pyrrole nitrogens is 1. The van der Waals surface area contributed by atoms with Crippen LogP contribution in [0.15, 0.2) is 24.3 Å². The molecule has 0 amide bonds. The van der Waals surface area contributed by atoms with E-state index in [4.69, 9.17) is 0 Å². The smallest absolute Gasteiger partial charge is 0.117 e. The summed E-state index contributed by atoms with van der Waals surface area (Å²) >= 11 is 0. The minimum absolute atomic E-state index is 0.283. The Morgan fingerprint density at radius 1 is 1.24 bits per heavy atom. The van der Waals surface area contributed by atoms with E-state index in [-0.39, 0.29) is 5.75 Å². The van der Waals surface area contributed by atoms with E-state index in [1.54, 1.807) is 12.1 Å². The molecular weight excluding hydrogens is 212 g/mol. The molecular formula is C14H14N2O. The molecule has 0 aliphatic heterocycles. The quantitative estimate of drug-likeness (QED) is 0.669. The highest BCUT2D eigenvalue weighted by Gasteiger charge is 2.08. The molecule has 0 spiro atoms. The number of aryl methyl sites for hydroxylation is 2. The van der Waals surface area contributed by atoms with Gasteiger partial charge in [0.05, 0.1) is 16.7 Å².